The van der Waals surface area contributed by atoms with Crippen LogP contribution in [0.1, 0.15) is 30.9 Å². The summed E-state index contributed by atoms with van der Waals surface area (Å²) in [6.07, 6.45) is 5.41. The van der Waals surface area contributed by atoms with Crippen molar-refractivity contribution in [3.8, 4) is 0 Å². The number of rotatable bonds is 5. The van der Waals surface area contributed by atoms with Gasteiger partial charge in [-0.15, -0.1) is 0 Å². The number of hydrogen-bond acceptors (Lipinski definition) is 4. The van der Waals surface area contributed by atoms with Crippen molar-refractivity contribution in [2.45, 2.75) is 44.4 Å². The molecule has 6 heteroatoms. The van der Waals surface area contributed by atoms with E-state index in [1.165, 1.54) is 0 Å². The summed E-state index contributed by atoms with van der Waals surface area (Å²) in [5.74, 6) is 0.149. The minimum absolute atomic E-state index is 0.0210. The summed E-state index contributed by atoms with van der Waals surface area (Å²) in [7, 11) is 0. The minimum Gasteiger partial charge on any atom is -0.361 e. The Morgan fingerprint density at radius 1 is 1.21 bits per heavy atom. The number of pyridine rings is 1. The van der Waals surface area contributed by atoms with Crippen LogP contribution >= 0.6 is 0 Å². The molecule has 0 unspecified atom stereocenters. The smallest absolute Gasteiger partial charge is 0.249 e. The third-order valence-corrected chi connectivity index (χ3v) is 6.00. The van der Waals surface area contributed by atoms with Gasteiger partial charge in [0.2, 0.25) is 11.8 Å². The highest BCUT2D eigenvalue weighted by atomic mass is 16.5. The first kappa shape index (κ1) is 19.6. The SMILES string of the molecule is C[C@@]12CN(C(=O)CCc3cccnc3)CC[C@H]1N(Cc1ccccc1)C(=O)CO2. The molecule has 0 radical (unpaired) electrons. The molecule has 0 aliphatic carbocycles. The first-order chi connectivity index (χ1) is 14.0. The zero-order chi connectivity index (χ0) is 20.3. The maximum Gasteiger partial charge on any atom is 0.249 e. The molecule has 152 valence electrons. The molecule has 1 aromatic carbocycles. The highest BCUT2D eigenvalue weighted by molar-refractivity contribution is 5.79. The molecule has 4 rings (SSSR count). The van der Waals surface area contributed by atoms with Gasteiger partial charge in [0, 0.05) is 31.9 Å². The highest BCUT2D eigenvalue weighted by Crippen LogP contribution is 2.34. The van der Waals surface area contributed by atoms with Gasteiger partial charge in [0.05, 0.1) is 12.6 Å². The van der Waals surface area contributed by atoms with Gasteiger partial charge in [0.15, 0.2) is 0 Å². The first-order valence-electron chi connectivity index (χ1n) is 10.2. The van der Waals surface area contributed by atoms with Gasteiger partial charge in [0.1, 0.15) is 12.2 Å². The molecular weight excluding hydrogens is 366 g/mol. The number of likely N-dealkylation sites (tertiary alicyclic amines) is 1. The molecule has 2 aliphatic rings. The van der Waals surface area contributed by atoms with Crippen LogP contribution in [0, 0.1) is 0 Å². The molecule has 0 spiro atoms. The maximum absolute atomic E-state index is 12.8. The van der Waals surface area contributed by atoms with Crippen molar-refractivity contribution in [1.29, 1.82) is 0 Å². The second kappa shape index (κ2) is 8.33. The lowest BCUT2D eigenvalue weighted by atomic mass is 9.85. The number of carbonyl (C=O) groups excluding carboxylic acids is 2. The number of ether oxygens (including phenoxy) is 1. The normalized spacial score (nSPS) is 24.3. The van der Waals surface area contributed by atoms with Crippen molar-refractivity contribution in [2.24, 2.45) is 0 Å². The van der Waals surface area contributed by atoms with Crippen LogP contribution in [-0.2, 0) is 27.3 Å². The molecule has 2 amide bonds. The van der Waals surface area contributed by atoms with Crippen LogP contribution in [0.2, 0.25) is 0 Å². The van der Waals surface area contributed by atoms with E-state index >= 15 is 0 Å². The molecule has 2 aliphatic heterocycles. The zero-order valence-corrected chi connectivity index (χ0v) is 16.8. The first-order valence-corrected chi connectivity index (χ1v) is 10.2. The summed E-state index contributed by atoms with van der Waals surface area (Å²) in [5.41, 5.74) is 1.64. The van der Waals surface area contributed by atoms with Gasteiger partial charge in [-0.1, -0.05) is 36.4 Å². The minimum atomic E-state index is -0.537. The van der Waals surface area contributed by atoms with Gasteiger partial charge >= 0.3 is 0 Å². The van der Waals surface area contributed by atoms with Gasteiger partial charge in [-0.2, -0.15) is 0 Å². The number of carbonyl (C=O) groups is 2. The van der Waals surface area contributed by atoms with Crippen LogP contribution < -0.4 is 0 Å². The fourth-order valence-electron chi connectivity index (χ4n) is 4.40. The summed E-state index contributed by atoms with van der Waals surface area (Å²) >= 11 is 0. The Morgan fingerprint density at radius 2 is 2.00 bits per heavy atom. The van der Waals surface area contributed by atoms with Gasteiger partial charge < -0.3 is 14.5 Å². The summed E-state index contributed by atoms with van der Waals surface area (Å²) in [5, 5.41) is 0. The fraction of sp³-hybridized carbons (Fsp3) is 0.435. The van der Waals surface area contributed by atoms with Gasteiger partial charge in [-0.25, -0.2) is 0 Å². The molecule has 2 fully saturated rings. The average molecular weight is 393 g/mol. The third kappa shape index (κ3) is 4.32. The number of hydrogen-bond donors (Lipinski definition) is 0. The second-order valence-corrected chi connectivity index (χ2v) is 8.09. The molecule has 2 aromatic rings. The number of aryl methyl sites for hydroxylation is 1. The van der Waals surface area contributed by atoms with Crippen LogP contribution in [0.25, 0.3) is 0 Å². The van der Waals surface area contributed by atoms with E-state index in [1.807, 2.05) is 59.2 Å². The molecule has 1 aromatic heterocycles. The number of aromatic nitrogens is 1. The van der Waals surface area contributed by atoms with Crippen LogP contribution in [-0.4, -0.2) is 57.9 Å². The molecular formula is C23H27N3O3. The van der Waals surface area contributed by atoms with Crippen molar-refractivity contribution < 1.29 is 14.3 Å². The van der Waals surface area contributed by atoms with Crippen molar-refractivity contribution in [1.82, 2.24) is 14.8 Å². The lowest BCUT2D eigenvalue weighted by Gasteiger charge is -2.53. The largest absolute Gasteiger partial charge is 0.361 e. The van der Waals surface area contributed by atoms with Crippen LogP contribution in [0.4, 0.5) is 0 Å². The molecule has 6 nitrogen and oxygen atoms in total. The zero-order valence-electron chi connectivity index (χ0n) is 16.8. The van der Waals surface area contributed by atoms with Crippen molar-refractivity contribution in [3.05, 3.63) is 66.0 Å². The standard InChI is InChI=1S/C23H27N3O3/c1-23-17-25(21(27)10-9-18-8-5-12-24-14-18)13-11-20(23)26(22(28)16-29-23)15-19-6-3-2-4-7-19/h2-8,12,14,20H,9-11,13,15-17H2,1H3/t20-,23-/m1/s1. The highest BCUT2D eigenvalue weighted by Gasteiger charge is 2.49. The quantitative estimate of drug-likeness (QED) is 0.783. The maximum atomic E-state index is 12.8. The van der Waals surface area contributed by atoms with Crippen molar-refractivity contribution in [2.75, 3.05) is 19.7 Å². The Hall–Kier alpha value is -2.73. The number of morpholine rings is 1. The van der Waals surface area contributed by atoms with Crippen LogP contribution in [0.15, 0.2) is 54.9 Å². The fourth-order valence-corrected chi connectivity index (χ4v) is 4.40. The van der Waals surface area contributed by atoms with E-state index in [2.05, 4.69) is 4.98 Å². The number of piperidine rings is 1. The summed E-state index contributed by atoms with van der Waals surface area (Å²) in [4.78, 5) is 33.3. The molecule has 0 saturated carbocycles. The summed E-state index contributed by atoms with van der Waals surface area (Å²) in [6.45, 7) is 3.84. The third-order valence-electron chi connectivity index (χ3n) is 6.00. The molecule has 3 heterocycles. The van der Waals surface area contributed by atoms with E-state index in [-0.39, 0.29) is 24.5 Å². The molecule has 2 atom stereocenters. The number of fused-ring (bicyclic) bond motifs is 1. The number of amides is 2. The van der Waals surface area contributed by atoms with E-state index in [1.54, 1.807) is 12.4 Å². The van der Waals surface area contributed by atoms with Crippen molar-refractivity contribution in [3.63, 3.8) is 0 Å². The van der Waals surface area contributed by atoms with E-state index in [4.69, 9.17) is 4.74 Å². The Kier molecular flexibility index (Phi) is 5.62. The van der Waals surface area contributed by atoms with E-state index in [0.29, 0.717) is 32.5 Å². The molecule has 2 saturated heterocycles. The topological polar surface area (TPSA) is 62.7 Å². The van der Waals surface area contributed by atoms with Gasteiger partial charge in [-0.05, 0) is 37.0 Å². The van der Waals surface area contributed by atoms with Gasteiger partial charge in [0.25, 0.3) is 0 Å². The Morgan fingerprint density at radius 3 is 2.76 bits per heavy atom. The predicted molar refractivity (Wildman–Crippen MR) is 109 cm³/mol. The summed E-state index contributed by atoms with van der Waals surface area (Å²) in [6, 6.07) is 13.9. The van der Waals surface area contributed by atoms with Crippen molar-refractivity contribution >= 4 is 11.8 Å². The second-order valence-electron chi connectivity index (χ2n) is 8.09. The molecule has 29 heavy (non-hydrogen) atoms. The Bertz CT molecular complexity index is 858. The van der Waals surface area contributed by atoms with E-state index < -0.39 is 5.60 Å². The number of benzene rings is 1. The lowest BCUT2D eigenvalue weighted by Crippen LogP contribution is -2.67. The van der Waals surface area contributed by atoms with Gasteiger partial charge in [-0.3, -0.25) is 14.6 Å². The molecule has 0 N–H and O–H groups in total. The number of nitrogens with zero attached hydrogens (tertiary/aromatic N) is 3. The Labute approximate surface area is 171 Å². The molecule has 0 bridgehead atoms. The lowest BCUT2D eigenvalue weighted by molar-refractivity contribution is -0.190. The predicted octanol–water partition coefficient (Wildman–Crippen LogP) is 2.43. The van der Waals surface area contributed by atoms with E-state index in [0.717, 1.165) is 17.5 Å². The van der Waals surface area contributed by atoms with E-state index in [9.17, 15) is 9.59 Å². The average Bonchev–Trinajstić information content (AvgIpc) is 2.75. The Balaban J connectivity index is 1.41. The summed E-state index contributed by atoms with van der Waals surface area (Å²) < 4.78 is 6.00. The van der Waals surface area contributed by atoms with Crippen LogP contribution in [0.3, 0.4) is 0 Å². The van der Waals surface area contributed by atoms with Crippen LogP contribution in [0.5, 0.6) is 0 Å². The monoisotopic (exact) mass is 393 g/mol.